The lowest BCUT2D eigenvalue weighted by Crippen LogP contribution is -2.34. The molecule has 0 saturated carbocycles. The first-order valence-electron chi connectivity index (χ1n) is 8.75. The molecule has 2 rings (SSSR count). The molecule has 0 aliphatic carbocycles. The lowest BCUT2D eigenvalue weighted by atomic mass is 9.87. The summed E-state index contributed by atoms with van der Waals surface area (Å²) >= 11 is 0. The molecule has 0 radical (unpaired) electrons. The highest BCUT2D eigenvalue weighted by atomic mass is 16.4. The van der Waals surface area contributed by atoms with Gasteiger partial charge in [0.15, 0.2) is 0 Å². The van der Waals surface area contributed by atoms with E-state index in [2.05, 4.69) is 48.5 Å². The Balaban J connectivity index is 2.00. The van der Waals surface area contributed by atoms with Crippen molar-refractivity contribution in [1.29, 1.82) is 0 Å². The second-order valence-corrected chi connectivity index (χ2v) is 7.36. The highest BCUT2D eigenvalue weighted by molar-refractivity contribution is 5.78. The van der Waals surface area contributed by atoms with Crippen LogP contribution in [-0.4, -0.2) is 29.9 Å². The van der Waals surface area contributed by atoms with Gasteiger partial charge in [-0.1, -0.05) is 32.9 Å². The third-order valence-corrected chi connectivity index (χ3v) is 4.04. The van der Waals surface area contributed by atoms with Crippen molar-refractivity contribution in [3.05, 3.63) is 41.3 Å². The van der Waals surface area contributed by atoms with Crippen molar-refractivity contribution in [2.24, 2.45) is 0 Å². The molecule has 1 heterocycles. The topological polar surface area (TPSA) is 84.2 Å². The number of nitrogens with one attached hydrogen (secondary N) is 2. The van der Waals surface area contributed by atoms with E-state index in [1.54, 1.807) is 6.92 Å². The normalized spacial score (nSPS) is 11.3. The Kier molecular flexibility index (Phi) is 6.18. The second-order valence-electron chi connectivity index (χ2n) is 7.36. The van der Waals surface area contributed by atoms with Gasteiger partial charge in [-0.2, -0.15) is 0 Å². The van der Waals surface area contributed by atoms with Crippen LogP contribution < -0.4 is 10.6 Å². The Hall–Kier alpha value is -2.63. The quantitative estimate of drug-likeness (QED) is 0.779. The largest absolute Gasteiger partial charge is 0.441 e. The molecule has 2 amide bonds. The number of amides is 2. The summed E-state index contributed by atoms with van der Waals surface area (Å²) in [5.74, 6) is 0.885. The number of aryl methyl sites for hydroxylation is 1. The van der Waals surface area contributed by atoms with Crippen molar-refractivity contribution < 1.29 is 14.0 Å². The third kappa shape index (κ3) is 5.44. The van der Waals surface area contributed by atoms with Crippen molar-refractivity contribution in [3.8, 4) is 11.5 Å². The van der Waals surface area contributed by atoms with E-state index in [0.29, 0.717) is 30.4 Å². The van der Waals surface area contributed by atoms with Crippen molar-refractivity contribution in [2.75, 3.05) is 13.1 Å². The highest BCUT2D eigenvalue weighted by Crippen LogP contribution is 2.27. The van der Waals surface area contributed by atoms with Crippen molar-refractivity contribution >= 4 is 11.8 Å². The average molecular weight is 357 g/mol. The SMILES string of the molecule is CC(=O)NCCNC(=O)Cc1nc(-c2ccc(C(C)(C)C)cc2)oc1C. The zero-order valence-electron chi connectivity index (χ0n) is 16.1. The summed E-state index contributed by atoms with van der Waals surface area (Å²) in [5.41, 5.74) is 2.84. The predicted octanol–water partition coefficient (Wildman–Crippen LogP) is 2.74. The molecule has 0 atom stereocenters. The molecule has 6 nitrogen and oxygen atoms in total. The lowest BCUT2D eigenvalue weighted by Gasteiger charge is -2.18. The van der Waals surface area contributed by atoms with Gasteiger partial charge in [-0.3, -0.25) is 9.59 Å². The summed E-state index contributed by atoms with van der Waals surface area (Å²) in [4.78, 5) is 27.3. The zero-order valence-corrected chi connectivity index (χ0v) is 16.1. The van der Waals surface area contributed by atoms with Crippen LogP contribution in [0.25, 0.3) is 11.5 Å². The number of oxazole rings is 1. The number of benzene rings is 1. The van der Waals surface area contributed by atoms with Crippen LogP contribution in [0.5, 0.6) is 0 Å². The Morgan fingerprint density at radius 1 is 1.08 bits per heavy atom. The molecule has 1 aromatic heterocycles. The van der Waals surface area contributed by atoms with Gasteiger partial charge in [-0.05, 0) is 30.0 Å². The van der Waals surface area contributed by atoms with Gasteiger partial charge in [0, 0.05) is 25.6 Å². The fourth-order valence-electron chi connectivity index (χ4n) is 2.48. The standard InChI is InChI=1S/C20H27N3O3/c1-13-17(12-18(25)22-11-10-21-14(2)24)23-19(26-13)15-6-8-16(9-7-15)20(3,4)5/h6-9H,10-12H2,1-5H3,(H,21,24)(H,22,25). The summed E-state index contributed by atoms with van der Waals surface area (Å²) in [7, 11) is 0. The summed E-state index contributed by atoms with van der Waals surface area (Å²) in [5, 5.41) is 5.38. The first kappa shape index (κ1) is 19.7. The molecule has 2 N–H and O–H groups in total. The number of hydrogen-bond donors (Lipinski definition) is 2. The van der Waals surface area contributed by atoms with Crippen LogP contribution in [0.2, 0.25) is 0 Å². The van der Waals surface area contributed by atoms with Crippen molar-refractivity contribution in [1.82, 2.24) is 15.6 Å². The van der Waals surface area contributed by atoms with E-state index < -0.39 is 0 Å². The summed E-state index contributed by atoms with van der Waals surface area (Å²) in [6.07, 6.45) is 0.148. The molecule has 0 fully saturated rings. The molecule has 140 valence electrons. The van der Waals surface area contributed by atoms with Gasteiger partial charge in [0.05, 0.1) is 12.1 Å². The number of aromatic nitrogens is 1. The minimum Gasteiger partial charge on any atom is -0.441 e. The van der Waals surface area contributed by atoms with Gasteiger partial charge in [0.2, 0.25) is 17.7 Å². The second kappa shape index (κ2) is 8.17. The van der Waals surface area contributed by atoms with E-state index in [4.69, 9.17) is 4.42 Å². The zero-order chi connectivity index (χ0) is 19.3. The lowest BCUT2D eigenvalue weighted by molar-refractivity contribution is -0.121. The van der Waals surface area contributed by atoms with Gasteiger partial charge in [-0.25, -0.2) is 4.98 Å². The predicted molar refractivity (Wildman–Crippen MR) is 101 cm³/mol. The fraction of sp³-hybridized carbons (Fsp3) is 0.450. The Labute approximate surface area is 154 Å². The fourth-order valence-corrected chi connectivity index (χ4v) is 2.48. The van der Waals surface area contributed by atoms with E-state index in [-0.39, 0.29) is 23.7 Å². The molecule has 0 aliphatic rings. The number of carbonyl (C=O) groups excluding carboxylic acids is 2. The molecule has 0 spiro atoms. The van der Waals surface area contributed by atoms with E-state index >= 15 is 0 Å². The van der Waals surface area contributed by atoms with E-state index in [0.717, 1.165) is 5.56 Å². The average Bonchev–Trinajstić information content (AvgIpc) is 2.91. The molecule has 0 bridgehead atoms. The molecule has 6 heteroatoms. The van der Waals surface area contributed by atoms with Gasteiger partial charge in [-0.15, -0.1) is 0 Å². The molecular weight excluding hydrogens is 330 g/mol. The van der Waals surface area contributed by atoms with Crippen LogP contribution in [-0.2, 0) is 21.4 Å². The van der Waals surface area contributed by atoms with Crippen molar-refractivity contribution in [2.45, 2.75) is 46.5 Å². The Morgan fingerprint density at radius 3 is 2.27 bits per heavy atom. The van der Waals surface area contributed by atoms with Crippen LogP contribution >= 0.6 is 0 Å². The number of hydrogen-bond acceptors (Lipinski definition) is 4. The number of nitrogens with zero attached hydrogens (tertiary/aromatic N) is 1. The summed E-state index contributed by atoms with van der Waals surface area (Å²) < 4.78 is 5.74. The highest BCUT2D eigenvalue weighted by Gasteiger charge is 2.16. The molecular formula is C20H27N3O3. The third-order valence-electron chi connectivity index (χ3n) is 4.04. The van der Waals surface area contributed by atoms with Crippen LogP contribution in [0, 0.1) is 6.92 Å². The maximum absolute atomic E-state index is 12.0. The van der Waals surface area contributed by atoms with Gasteiger partial charge >= 0.3 is 0 Å². The van der Waals surface area contributed by atoms with E-state index in [1.165, 1.54) is 12.5 Å². The van der Waals surface area contributed by atoms with Crippen LogP contribution in [0.3, 0.4) is 0 Å². The molecule has 26 heavy (non-hydrogen) atoms. The van der Waals surface area contributed by atoms with E-state index in [1.807, 2.05) is 12.1 Å². The Morgan fingerprint density at radius 2 is 1.69 bits per heavy atom. The number of carbonyl (C=O) groups is 2. The maximum atomic E-state index is 12.0. The molecule has 0 aliphatic heterocycles. The van der Waals surface area contributed by atoms with Crippen LogP contribution in [0.15, 0.2) is 28.7 Å². The first-order chi connectivity index (χ1) is 12.2. The monoisotopic (exact) mass is 357 g/mol. The smallest absolute Gasteiger partial charge is 0.226 e. The van der Waals surface area contributed by atoms with Gasteiger partial charge in [0.1, 0.15) is 5.76 Å². The molecule has 1 aromatic carbocycles. The van der Waals surface area contributed by atoms with Gasteiger partial charge < -0.3 is 15.1 Å². The minimum atomic E-state index is -0.151. The van der Waals surface area contributed by atoms with Crippen molar-refractivity contribution in [3.63, 3.8) is 0 Å². The molecule has 0 unspecified atom stereocenters. The summed E-state index contributed by atoms with van der Waals surface area (Å²) in [6.45, 7) is 10.5. The maximum Gasteiger partial charge on any atom is 0.226 e. The minimum absolute atomic E-state index is 0.0888. The van der Waals surface area contributed by atoms with Gasteiger partial charge in [0.25, 0.3) is 0 Å². The summed E-state index contributed by atoms with van der Waals surface area (Å²) in [6, 6.07) is 8.12. The Bertz CT molecular complexity index is 771. The first-order valence-corrected chi connectivity index (χ1v) is 8.75. The molecule has 0 saturated heterocycles. The van der Waals surface area contributed by atoms with Crippen LogP contribution in [0.4, 0.5) is 0 Å². The molecule has 2 aromatic rings. The van der Waals surface area contributed by atoms with E-state index in [9.17, 15) is 9.59 Å². The van der Waals surface area contributed by atoms with Crippen LogP contribution in [0.1, 0.15) is 44.7 Å². The number of rotatable bonds is 6.